The van der Waals surface area contributed by atoms with Crippen LogP contribution in [0, 0.1) is 0 Å². The largest absolute Gasteiger partial charge is 0.444 e. The molecule has 0 radical (unpaired) electrons. The lowest BCUT2D eigenvalue weighted by Crippen LogP contribution is -2.35. The first-order valence-corrected chi connectivity index (χ1v) is 11.9. The topological polar surface area (TPSA) is 108 Å². The number of carbonyl (C=O) groups excluding carboxylic acids is 1. The van der Waals surface area contributed by atoms with Crippen LogP contribution in [0.5, 0.6) is 0 Å². The van der Waals surface area contributed by atoms with E-state index < -0.39 is 6.10 Å². The highest BCUT2D eigenvalue weighted by atomic mass is 16.3. The molecule has 0 fully saturated rings. The Hall–Kier alpha value is -4.08. The zero-order chi connectivity index (χ0) is 24.9. The van der Waals surface area contributed by atoms with E-state index in [2.05, 4.69) is 15.2 Å². The number of oxazole rings is 1. The lowest BCUT2D eigenvalue weighted by Gasteiger charge is -2.31. The molecule has 0 bridgehead atoms. The second-order valence-corrected chi connectivity index (χ2v) is 8.82. The normalized spacial score (nSPS) is 14.2. The van der Waals surface area contributed by atoms with E-state index in [4.69, 9.17) is 14.4 Å². The van der Waals surface area contributed by atoms with E-state index in [0.717, 1.165) is 46.7 Å². The van der Waals surface area contributed by atoms with Gasteiger partial charge in [-0.05, 0) is 29.8 Å². The van der Waals surface area contributed by atoms with Crippen LogP contribution >= 0.6 is 0 Å². The van der Waals surface area contributed by atoms with Crippen molar-refractivity contribution in [2.24, 2.45) is 0 Å². The second-order valence-electron chi connectivity index (χ2n) is 8.82. The fourth-order valence-corrected chi connectivity index (χ4v) is 4.42. The van der Waals surface area contributed by atoms with E-state index in [1.165, 1.54) is 6.39 Å². The van der Waals surface area contributed by atoms with Crippen molar-refractivity contribution in [2.75, 3.05) is 36.9 Å². The molecule has 1 unspecified atom stereocenters. The van der Waals surface area contributed by atoms with Gasteiger partial charge in [-0.1, -0.05) is 30.3 Å². The van der Waals surface area contributed by atoms with Gasteiger partial charge < -0.3 is 24.5 Å². The first-order chi connectivity index (χ1) is 17.6. The fraction of sp³-hybridized carbons (Fsp3) is 0.259. The van der Waals surface area contributed by atoms with Crippen molar-refractivity contribution in [2.45, 2.75) is 19.1 Å². The van der Waals surface area contributed by atoms with Gasteiger partial charge in [-0.2, -0.15) is 4.98 Å². The van der Waals surface area contributed by atoms with Gasteiger partial charge in [0.15, 0.2) is 12.2 Å². The van der Waals surface area contributed by atoms with E-state index in [9.17, 15) is 9.90 Å². The monoisotopic (exact) mass is 484 g/mol. The van der Waals surface area contributed by atoms with Crippen LogP contribution in [0.1, 0.15) is 22.9 Å². The number of aromatic nitrogens is 3. The van der Waals surface area contributed by atoms with Crippen LogP contribution in [0.3, 0.4) is 0 Å². The molecule has 4 aromatic rings. The quantitative estimate of drug-likeness (QED) is 0.345. The molecule has 2 N–H and O–H groups in total. The summed E-state index contributed by atoms with van der Waals surface area (Å²) in [5.74, 6) is 1.93. The van der Waals surface area contributed by atoms with Crippen LogP contribution in [0.25, 0.3) is 11.3 Å². The third-order valence-corrected chi connectivity index (χ3v) is 6.30. The van der Waals surface area contributed by atoms with Gasteiger partial charge in [0.1, 0.15) is 12.1 Å². The second kappa shape index (κ2) is 10.7. The maximum absolute atomic E-state index is 11.1. The Morgan fingerprint density at radius 3 is 2.69 bits per heavy atom. The van der Waals surface area contributed by atoms with E-state index in [1.807, 2.05) is 66.5 Å². The molecule has 9 heteroatoms. The predicted molar refractivity (Wildman–Crippen MR) is 137 cm³/mol. The molecule has 0 spiro atoms. The van der Waals surface area contributed by atoms with Crippen molar-refractivity contribution in [3.05, 3.63) is 84.0 Å². The number of likely N-dealkylation sites (N-methyl/N-ethyl adjacent to an activating group) is 1. The SMILES string of the molecule is CN(CC(O)c1ccccc1)c1nc(Nc2ccc(-c3cnco3)cc2)nc2c1CN(CC=O)CC2. The number of fused-ring (bicyclic) bond motifs is 1. The Morgan fingerprint density at radius 2 is 1.97 bits per heavy atom. The van der Waals surface area contributed by atoms with Crippen LogP contribution in [-0.4, -0.2) is 57.9 Å². The molecule has 0 saturated carbocycles. The smallest absolute Gasteiger partial charge is 0.229 e. The molecule has 2 aromatic heterocycles. The highest BCUT2D eigenvalue weighted by Crippen LogP contribution is 2.30. The van der Waals surface area contributed by atoms with Gasteiger partial charge in [0.05, 0.1) is 24.5 Å². The maximum atomic E-state index is 11.1. The molecule has 9 nitrogen and oxygen atoms in total. The van der Waals surface area contributed by atoms with Crippen LogP contribution in [0.4, 0.5) is 17.5 Å². The summed E-state index contributed by atoms with van der Waals surface area (Å²) in [6.07, 6.45) is 4.05. The van der Waals surface area contributed by atoms with Crippen molar-refractivity contribution < 1.29 is 14.3 Å². The molecule has 1 aliphatic rings. The van der Waals surface area contributed by atoms with E-state index >= 15 is 0 Å². The molecule has 184 valence electrons. The van der Waals surface area contributed by atoms with Crippen LogP contribution in [0.2, 0.25) is 0 Å². The highest BCUT2D eigenvalue weighted by Gasteiger charge is 2.25. The standard InChI is InChI=1S/C27H28N6O3/c1-32(17-24(35)19-5-3-2-4-6-19)26-22-16-33(13-14-34)12-11-23(22)30-27(31-26)29-21-9-7-20(8-10-21)25-15-28-18-36-25/h2-10,14-15,18,24,35H,11-13,16-17H2,1H3,(H,29,30,31). The van der Waals surface area contributed by atoms with Gasteiger partial charge in [0.25, 0.3) is 0 Å². The average Bonchev–Trinajstić information content (AvgIpc) is 3.45. The third-order valence-electron chi connectivity index (χ3n) is 6.30. The summed E-state index contributed by atoms with van der Waals surface area (Å²) >= 11 is 0. The minimum Gasteiger partial charge on any atom is -0.444 e. The number of aliphatic hydroxyl groups is 1. The molecule has 0 amide bonds. The summed E-state index contributed by atoms with van der Waals surface area (Å²) in [7, 11) is 1.92. The first kappa shape index (κ1) is 23.7. The molecule has 5 rings (SSSR count). The Labute approximate surface area is 209 Å². The van der Waals surface area contributed by atoms with Crippen LogP contribution in [0.15, 0.2) is 71.6 Å². The first-order valence-electron chi connectivity index (χ1n) is 11.9. The molecular formula is C27H28N6O3. The number of aldehydes is 1. The molecule has 2 aromatic carbocycles. The Morgan fingerprint density at radius 1 is 1.17 bits per heavy atom. The number of hydrogen-bond donors (Lipinski definition) is 2. The van der Waals surface area contributed by atoms with E-state index in [-0.39, 0.29) is 0 Å². The number of hydrogen-bond acceptors (Lipinski definition) is 9. The summed E-state index contributed by atoms with van der Waals surface area (Å²) < 4.78 is 5.36. The van der Waals surface area contributed by atoms with E-state index in [0.29, 0.717) is 37.8 Å². The molecule has 36 heavy (non-hydrogen) atoms. The minimum absolute atomic E-state index is 0.368. The van der Waals surface area contributed by atoms with Gasteiger partial charge in [-0.15, -0.1) is 0 Å². The summed E-state index contributed by atoms with van der Waals surface area (Å²) in [6.45, 7) is 2.07. The van der Waals surface area contributed by atoms with Gasteiger partial charge >= 0.3 is 0 Å². The van der Waals surface area contributed by atoms with Crippen molar-refractivity contribution in [1.29, 1.82) is 0 Å². The van der Waals surface area contributed by atoms with Crippen molar-refractivity contribution in [1.82, 2.24) is 19.9 Å². The Kier molecular flexibility index (Phi) is 7.01. The van der Waals surface area contributed by atoms with Gasteiger partial charge in [-0.3, -0.25) is 4.90 Å². The highest BCUT2D eigenvalue weighted by molar-refractivity contribution is 5.64. The van der Waals surface area contributed by atoms with Crippen molar-refractivity contribution >= 4 is 23.7 Å². The lowest BCUT2D eigenvalue weighted by atomic mass is 10.0. The summed E-state index contributed by atoms with van der Waals surface area (Å²) in [5.41, 5.74) is 4.55. The number of benzene rings is 2. The number of nitrogens with one attached hydrogen (secondary N) is 1. The summed E-state index contributed by atoms with van der Waals surface area (Å²) in [5, 5.41) is 14.1. The molecule has 0 aliphatic carbocycles. The van der Waals surface area contributed by atoms with Crippen LogP contribution in [-0.2, 0) is 17.8 Å². The number of carbonyl (C=O) groups is 1. The fourth-order valence-electron chi connectivity index (χ4n) is 4.42. The molecular weight excluding hydrogens is 456 g/mol. The molecule has 1 aliphatic heterocycles. The molecule has 0 saturated heterocycles. The average molecular weight is 485 g/mol. The zero-order valence-electron chi connectivity index (χ0n) is 20.0. The van der Waals surface area contributed by atoms with E-state index in [1.54, 1.807) is 6.20 Å². The maximum Gasteiger partial charge on any atom is 0.229 e. The van der Waals surface area contributed by atoms with Gasteiger partial charge in [-0.25, -0.2) is 9.97 Å². The predicted octanol–water partition coefficient (Wildman–Crippen LogP) is 3.60. The minimum atomic E-state index is -0.670. The summed E-state index contributed by atoms with van der Waals surface area (Å²) in [6, 6.07) is 17.4. The Balaban J connectivity index is 1.42. The molecule has 3 heterocycles. The van der Waals surface area contributed by atoms with Gasteiger partial charge in [0.2, 0.25) is 5.95 Å². The lowest BCUT2D eigenvalue weighted by molar-refractivity contribution is -0.109. The third kappa shape index (κ3) is 5.27. The number of anilines is 3. The van der Waals surface area contributed by atoms with Crippen LogP contribution < -0.4 is 10.2 Å². The van der Waals surface area contributed by atoms with Gasteiger partial charge in [0, 0.05) is 49.9 Å². The number of nitrogens with zero attached hydrogens (tertiary/aromatic N) is 5. The number of rotatable bonds is 9. The number of aliphatic hydroxyl groups excluding tert-OH is 1. The zero-order valence-corrected chi connectivity index (χ0v) is 20.0. The Bertz CT molecular complexity index is 1300. The van der Waals surface area contributed by atoms with Crippen molar-refractivity contribution in [3.8, 4) is 11.3 Å². The molecule has 1 atom stereocenters. The summed E-state index contributed by atoms with van der Waals surface area (Å²) in [4.78, 5) is 28.8. The van der Waals surface area contributed by atoms with Crippen molar-refractivity contribution in [3.63, 3.8) is 0 Å².